The summed E-state index contributed by atoms with van der Waals surface area (Å²) in [5.41, 5.74) is 1.72. The number of carbonyl (C=O) groups is 2. The molecule has 3 aromatic rings. The van der Waals surface area contributed by atoms with E-state index < -0.39 is 0 Å². The Kier molecular flexibility index (Phi) is 9.53. The summed E-state index contributed by atoms with van der Waals surface area (Å²) in [5.74, 6) is 0.305. The third-order valence-corrected chi connectivity index (χ3v) is 5.71. The van der Waals surface area contributed by atoms with Gasteiger partial charge < -0.3 is 20.1 Å². The predicted octanol–water partition coefficient (Wildman–Crippen LogP) is 7.29. The Labute approximate surface area is 216 Å². The lowest BCUT2D eigenvalue weighted by Gasteiger charge is -2.16. The molecule has 0 radical (unpaired) electrons. The van der Waals surface area contributed by atoms with Gasteiger partial charge in [-0.05, 0) is 61.4 Å². The van der Waals surface area contributed by atoms with Crippen molar-refractivity contribution in [3.05, 3.63) is 80.7 Å². The highest BCUT2D eigenvalue weighted by atomic mass is 79.9. The Morgan fingerprint density at radius 3 is 1.50 bits per heavy atom. The van der Waals surface area contributed by atoms with E-state index in [-0.39, 0.29) is 11.8 Å². The molecule has 0 aromatic heterocycles. The Balaban J connectivity index is 1.84. The number of hydrogen-bond donors (Lipinski definition) is 2. The molecule has 3 rings (SSSR count). The zero-order chi connectivity index (χ0) is 24.5. The number of carbonyl (C=O) groups excluding carboxylic acids is 2. The molecule has 0 spiro atoms. The Hall–Kier alpha value is -2.84. The summed E-state index contributed by atoms with van der Waals surface area (Å²) in [6.07, 6.45) is 1.65. The molecule has 3 aromatic carbocycles. The van der Waals surface area contributed by atoms with Gasteiger partial charge in [-0.3, -0.25) is 9.59 Å². The van der Waals surface area contributed by atoms with E-state index in [9.17, 15) is 9.59 Å². The van der Waals surface area contributed by atoms with Crippen molar-refractivity contribution in [3.8, 4) is 11.5 Å². The van der Waals surface area contributed by atoms with E-state index in [0.29, 0.717) is 47.2 Å². The lowest BCUT2D eigenvalue weighted by atomic mass is 10.1. The molecule has 178 valence electrons. The topological polar surface area (TPSA) is 76.7 Å². The van der Waals surface area contributed by atoms with E-state index in [4.69, 9.17) is 9.47 Å². The quantitative estimate of drug-likeness (QED) is 0.260. The summed E-state index contributed by atoms with van der Waals surface area (Å²) in [5, 5.41) is 5.79. The van der Waals surface area contributed by atoms with Crippen LogP contribution in [0.4, 0.5) is 11.4 Å². The summed E-state index contributed by atoms with van der Waals surface area (Å²) < 4.78 is 13.0. The molecule has 0 saturated carbocycles. The van der Waals surface area contributed by atoms with Crippen LogP contribution in [0, 0.1) is 0 Å². The van der Waals surface area contributed by atoms with Gasteiger partial charge in [0.1, 0.15) is 11.5 Å². The van der Waals surface area contributed by atoms with Gasteiger partial charge >= 0.3 is 0 Å². The minimum atomic E-state index is -0.344. The van der Waals surface area contributed by atoms with Crippen LogP contribution in [0.15, 0.2) is 69.6 Å². The Bertz CT molecular complexity index is 1080. The molecular formula is C26H26Br2N2O4. The van der Waals surface area contributed by atoms with Crippen LogP contribution in [-0.4, -0.2) is 25.0 Å². The number of amides is 2. The van der Waals surface area contributed by atoms with Gasteiger partial charge in [-0.2, -0.15) is 0 Å². The average molecular weight is 590 g/mol. The number of hydrogen-bond acceptors (Lipinski definition) is 4. The second kappa shape index (κ2) is 12.6. The standard InChI is InChI=1S/C26H26Br2N2O4/c1-3-13-33-23-11-9-17(27)15-19(23)25(31)29-21-7-5-6-8-22(21)30-26(32)20-16-18(28)10-12-24(20)34-14-4-2/h5-12,15-16H,3-4,13-14H2,1-2H3,(H,29,31)(H,30,32). The average Bonchev–Trinajstić information content (AvgIpc) is 2.83. The van der Waals surface area contributed by atoms with Crippen molar-refractivity contribution >= 4 is 55.0 Å². The molecule has 34 heavy (non-hydrogen) atoms. The molecule has 2 N–H and O–H groups in total. The minimum Gasteiger partial charge on any atom is -0.493 e. The fraction of sp³-hybridized carbons (Fsp3) is 0.231. The molecule has 0 unspecified atom stereocenters. The summed E-state index contributed by atoms with van der Waals surface area (Å²) >= 11 is 6.83. The van der Waals surface area contributed by atoms with E-state index in [1.807, 2.05) is 26.0 Å². The Morgan fingerprint density at radius 1 is 0.706 bits per heavy atom. The van der Waals surface area contributed by atoms with Gasteiger partial charge in [0.25, 0.3) is 11.8 Å². The zero-order valence-electron chi connectivity index (χ0n) is 19.0. The normalized spacial score (nSPS) is 10.5. The highest BCUT2D eigenvalue weighted by Crippen LogP contribution is 2.29. The molecule has 0 heterocycles. The number of anilines is 2. The second-order valence-corrected chi connectivity index (χ2v) is 9.26. The SMILES string of the molecule is CCCOc1ccc(Br)cc1C(=O)Nc1ccccc1NC(=O)c1cc(Br)ccc1OCCC. The number of rotatable bonds is 10. The first-order chi connectivity index (χ1) is 16.4. The molecule has 0 atom stereocenters. The van der Waals surface area contributed by atoms with Gasteiger partial charge in [0.05, 0.1) is 35.7 Å². The van der Waals surface area contributed by atoms with Crippen LogP contribution in [0.25, 0.3) is 0 Å². The van der Waals surface area contributed by atoms with Crippen LogP contribution >= 0.6 is 31.9 Å². The van der Waals surface area contributed by atoms with Crippen molar-refractivity contribution < 1.29 is 19.1 Å². The summed E-state index contributed by atoms with van der Waals surface area (Å²) in [4.78, 5) is 26.2. The first-order valence-corrected chi connectivity index (χ1v) is 12.6. The Morgan fingerprint density at radius 2 is 1.12 bits per heavy atom. The minimum absolute atomic E-state index is 0.344. The van der Waals surface area contributed by atoms with E-state index >= 15 is 0 Å². The van der Waals surface area contributed by atoms with Crippen LogP contribution in [0.1, 0.15) is 47.4 Å². The van der Waals surface area contributed by atoms with E-state index in [1.54, 1.807) is 48.5 Å². The van der Waals surface area contributed by atoms with Crippen LogP contribution in [-0.2, 0) is 0 Å². The first-order valence-electron chi connectivity index (χ1n) is 11.0. The van der Waals surface area contributed by atoms with Crippen LogP contribution < -0.4 is 20.1 Å². The molecule has 6 nitrogen and oxygen atoms in total. The summed E-state index contributed by atoms with van der Waals surface area (Å²) in [6.45, 7) is 5.01. The zero-order valence-corrected chi connectivity index (χ0v) is 22.2. The third-order valence-electron chi connectivity index (χ3n) is 4.72. The maximum Gasteiger partial charge on any atom is 0.259 e. The van der Waals surface area contributed by atoms with Crippen LogP contribution in [0.5, 0.6) is 11.5 Å². The van der Waals surface area contributed by atoms with Crippen molar-refractivity contribution in [2.45, 2.75) is 26.7 Å². The number of nitrogens with one attached hydrogen (secondary N) is 2. The molecule has 2 amide bonds. The van der Waals surface area contributed by atoms with Crippen molar-refractivity contribution in [3.63, 3.8) is 0 Å². The van der Waals surface area contributed by atoms with Crippen LogP contribution in [0.2, 0.25) is 0 Å². The molecule has 0 aliphatic carbocycles. The fourth-order valence-electron chi connectivity index (χ4n) is 3.12. The maximum absolute atomic E-state index is 13.1. The number of benzene rings is 3. The molecule has 0 fully saturated rings. The van der Waals surface area contributed by atoms with Crippen molar-refractivity contribution in [1.82, 2.24) is 0 Å². The highest BCUT2D eigenvalue weighted by Gasteiger charge is 2.18. The third kappa shape index (κ3) is 6.84. The molecule has 0 bridgehead atoms. The van der Waals surface area contributed by atoms with Gasteiger partial charge in [0.2, 0.25) is 0 Å². The van der Waals surface area contributed by atoms with Crippen molar-refractivity contribution in [2.75, 3.05) is 23.8 Å². The molecule has 0 aliphatic heterocycles. The second-order valence-electron chi connectivity index (χ2n) is 7.43. The van der Waals surface area contributed by atoms with Gasteiger partial charge in [-0.25, -0.2) is 0 Å². The maximum atomic E-state index is 13.1. The number of ether oxygens (including phenoxy) is 2. The summed E-state index contributed by atoms with van der Waals surface area (Å²) in [6, 6.07) is 17.6. The van der Waals surface area contributed by atoms with Gasteiger partial charge in [-0.15, -0.1) is 0 Å². The van der Waals surface area contributed by atoms with E-state index in [1.165, 1.54) is 0 Å². The van der Waals surface area contributed by atoms with E-state index in [2.05, 4.69) is 42.5 Å². The van der Waals surface area contributed by atoms with Gasteiger partial charge in [0.15, 0.2) is 0 Å². The van der Waals surface area contributed by atoms with Crippen LogP contribution in [0.3, 0.4) is 0 Å². The lowest BCUT2D eigenvalue weighted by Crippen LogP contribution is -2.18. The predicted molar refractivity (Wildman–Crippen MR) is 142 cm³/mol. The fourth-order valence-corrected chi connectivity index (χ4v) is 3.84. The molecular weight excluding hydrogens is 564 g/mol. The monoisotopic (exact) mass is 588 g/mol. The van der Waals surface area contributed by atoms with Gasteiger partial charge in [-0.1, -0.05) is 57.8 Å². The smallest absolute Gasteiger partial charge is 0.259 e. The van der Waals surface area contributed by atoms with Crippen molar-refractivity contribution in [2.24, 2.45) is 0 Å². The highest BCUT2D eigenvalue weighted by molar-refractivity contribution is 9.10. The number of halogens is 2. The molecule has 0 saturated heterocycles. The molecule has 0 aliphatic rings. The first kappa shape index (κ1) is 25.8. The lowest BCUT2D eigenvalue weighted by molar-refractivity contribution is 0.101. The van der Waals surface area contributed by atoms with Crippen molar-refractivity contribution in [1.29, 1.82) is 0 Å². The largest absolute Gasteiger partial charge is 0.493 e. The molecule has 8 heteroatoms. The van der Waals surface area contributed by atoms with Gasteiger partial charge in [0, 0.05) is 8.95 Å². The van der Waals surface area contributed by atoms with E-state index in [0.717, 1.165) is 21.8 Å². The number of para-hydroxylation sites is 2. The summed E-state index contributed by atoms with van der Waals surface area (Å²) in [7, 11) is 0.